The van der Waals surface area contributed by atoms with Crippen molar-refractivity contribution in [3.8, 4) is 0 Å². The number of benzene rings is 1. The quantitative estimate of drug-likeness (QED) is 0.837. The van der Waals surface area contributed by atoms with Crippen LogP contribution < -0.4 is 0 Å². The van der Waals surface area contributed by atoms with Gasteiger partial charge in [0.25, 0.3) is 0 Å². The van der Waals surface area contributed by atoms with Crippen LogP contribution in [0, 0.1) is 0 Å². The first-order valence-corrected chi connectivity index (χ1v) is 7.49. The van der Waals surface area contributed by atoms with E-state index in [1.807, 2.05) is 0 Å². The second kappa shape index (κ2) is 5.73. The van der Waals surface area contributed by atoms with E-state index < -0.39 is 27.4 Å². The minimum Gasteiger partial charge on any atom is -0.299 e. The van der Waals surface area contributed by atoms with E-state index in [0.717, 1.165) is 18.4 Å². The van der Waals surface area contributed by atoms with Crippen LogP contribution in [0.3, 0.4) is 0 Å². The number of ketones is 1. The summed E-state index contributed by atoms with van der Waals surface area (Å²) in [5.41, 5.74) is -0.589. The van der Waals surface area contributed by atoms with Crippen molar-refractivity contribution in [3.63, 3.8) is 0 Å². The fraction of sp³-hybridized carbons (Fsp3) is 0.417. The lowest BCUT2D eigenvalue weighted by atomic mass is 10.0. The monoisotopic (exact) mass is 294 g/mol. The van der Waals surface area contributed by atoms with Gasteiger partial charge in [-0.3, -0.25) is 4.79 Å². The molecule has 0 aliphatic carbocycles. The Hall–Kier alpha value is -1.37. The molecule has 0 radical (unpaired) electrons. The molecule has 1 aromatic rings. The number of rotatable bonds is 5. The zero-order valence-electron chi connectivity index (χ0n) is 10.2. The average molecular weight is 294 g/mol. The number of carbonyl (C=O) groups excluding carboxylic acids is 1. The molecule has 0 N–H and O–H groups in total. The van der Waals surface area contributed by atoms with Gasteiger partial charge in [0.1, 0.15) is 15.6 Å². The number of hydrogen-bond acceptors (Lipinski definition) is 3. The van der Waals surface area contributed by atoms with Crippen molar-refractivity contribution < 1.29 is 26.4 Å². The summed E-state index contributed by atoms with van der Waals surface area (Å²) in [7, 11) is -3.24. The molecule has 0 heterocycles. The van der Waals surface area contributed by atoms with Gasteiger partial charge in [0.2, 0.25) is 0 Å². The van der Waals surface area contributed by atoms with E-state index in [0.29, 0.717) is 0 Å². The summed E-state index contributed by atoms with van der Waals surface area (Å²) in [6.07, 6.45) is -3.83. The van der Waals surface area contributed by atoms with E-state index in [-0.39, 0.29) is 24.2 Å². The molecule has 0 spiro atoms. The van der Waals surface area contributed by atoms with Gasteiger partial charge in [0.15, 0.2) is 0 Å². The van der Waals surface area contributed by atoms with Gasteiger partial charge < -0.3 is 0 Å². The molecule has 19 heavy (non-hydrogen) atoms. The summed E-state index contributed by atoms with van der Waals surface area (Å²) in [4.78, 5) is 11.5. The van der Waals surface area contributed by atoms with Crippen LogP contribution in [-0.2, 0) is 27.2 Å². The largest absolute Gasteiger partial charge is 0.416 e. The highest BCUT2D eigenvalue weighted by Gasteiger charge is 2.30. The van der Waals surface area contributed by atoms with Crippen LogP contribution in [0.5, 0.6) is 0 Å². The van der Waals surface area contributed by atoms with Crippen molar-refractivity contribution in [2.45, 2.75) is 19.0 Å². The minimum atomic E-state index is -4.45. The molecule has 3 nitrogen and oxygen atoms in total. The normalized spacial score (nSPS) is 12.4. The Morgan fingerprint density at radius 3 is 2.42 bits per heavy atom. The Kier molecular flexibility index (Phi) is 4.73. The van der Waals surface area contributed by atoms with E-state index in [1.54, 1.807) is 0 Å². The molecule has 0 saturated carbocycles. The van der Waals surface area contributed by atoms with Crippen molar-refractivity contribution in [2.24, 2.45) is 0 Å². The van der Waals surface area contributed by atoms with Crippen LogP contribution in [0.2, 0.25) is 0 Å². The second-order valence-electron chi connectivity index (χ2n) is 4.29. The average Bonchev–Trinajstić information content (AvgIpc) is 2.25. The Bertz CT molecular complexity index is 562. The molecule has 0 fully saturated rings. The third-order valence-corrected chi connectivity index (χ3v) is 3.35. The molecule has 106 valence electrons. The molecule has 7 heteroatoms. The SMILES string of the molecule is CS(=O)(=O)CCC(=O)Cc1cccc(C(F)(F)F)c1. The summed E-state index contributed by atoms with van der Waals surface area (Å²) in [5.74, 6) is -0.685. The first-order chi connectivity index (χ1) is 8.58. The van der Waals surface area contributed by atoms with Crippen LogP contribution in [0.15, 0.2) is 24.3 Å². The van der Waals surface area contributed by atoms with Crippen LogP contribution in [0.25, 0.3) is 0 Å². The highest BCUT2D eigenvalue weighted by Crippen LogP contribution is 2.29. The predicted molar refractivity (Wildman–Crippen MR) is 64.5 cm³/mol. The number of halogens is 3. The number of Topliss-reactive ketones (excluding diaryl/α,β-unsaturated/α-hetero) is 1. The van der Waals surface area contributed by atoms with Gasteiger partial charge >= 0.3 is 6.18 Å². The molecule has 0 aliphatic rings. The maximum Gasteiger partial charge on any atom is 0.416 e. The third-order valence-electron chi connectivity index (χ3n) is 2.41. The van der Waals surface area contributed by atoms with Crippen molar-refractivity contribution in [2.75, 3.05) is 12.0 Å². The minimum absolute atomic E-state index is 0.185. The van der Waals surface area contributed by atoms with Crippen molar-refractivity contribution in [1.29, 1.82) is 0 Å². The van der Waals surface area contributed by atoms with Crippen molar-refractivity contribution in [1.82, 2.24) is 0 Å². The maximum atomic E-state index is 12.4. The first-order valence-electron chi connectivity index (χ1n) is 5.43. The van der Waals surface area contributed by atoms with E-state index in [9.17, 15) is 26.4 Å². The summed E-state index contributed by atoms with van der Waals surface area (Å²) in [6, 6.07) is 4.46. The van der Waals surface area contributed by atoms with Gasteiger partial charge in [-0.25, -0.2) is 8.42 Å². The third kappa shape index (κ3) is 5.87. The van der Waals surface area contributed by atoms with Gasteiger partial charge in [0.05, 0.1) is 11.3 Å². The predicted octanol–water partition coefficient (Wildman–Crippen LogP) is 2.25. The maximum absolute atomic E-state index is 12.4. The van der Waals surface area contributed by atoms with E-state index in [4.69, 9.17) is 0 Å². The Labute approximate surface area is 109 Å². The van der Waals surface area contributed by atoms with Gasteiger partial charge in [-0.2, -0.15) is 13.2 Å². The number of sulfone groups is 1. The number of hydrogen-bond donors (Lipinski definition) is 0. The Balaban J connectivity index is 2.70. The zero-order chi connectivity index (χ0) is 14.7. The van der Waals surface area contributed by atoms with Crippen molar-refractivity contribution >= 4 is 15.6 Å². The molecular weight excluding hydrogens is 281 g/mol. The van der Waals surface area contributed by atoms with Gasteiger partial charge in [0, 0.05) is 19.1 Å². The zero-order valence-corrected chi connectivity index (χ0v) is 11.0. The lowest BCUT2D eigenvalue weighted by Gasteiger charge is -2.08. The lowest BCUT2D eigenvalue weighted by molar-refractivity contribution is -0.137. The second-order valence-corrected chi connectivity index (χ2v) is 6.55. The molecule has 0 unspecified atom stereocenters. The first kappa shape index (κ1) is 15.7. The van der Waals surface area contributed by atoms with E-state index >= 15 is 0 Å². The summed E-state index contributed by atoms with van der Waals surface area (Å²) >= 11 is 0. The highest BCUT2D eigenvalue weighted by atomic mass is 32.2. The smallest absolute Gasteiger partial charge is 0.299 e. The standard InChI is InChI=1S/C12H13F3O3S/c1-19(17,18)6-5-11(16)8-9-3-2-4-10(7-9)12(13,14)15/h2-4,7H,5-6,8H2,1H3. The van der Waals surface area contributed by atoms with Crippen molar-refractivity contribution in [3.05, 3.63) is 35.4 Å². The number of carbonyl (C=O) groups is 1. The topological polar surface area (TPSA) is 51.2 Å². The molecule has 1 aromatic carbocycles. The van der Waals surface area contributed by atoms with Crippen LogP contribution in [-0.4, -0.2) is 26.2 Å². The fourth-order valence-electron chi connectivity index (χ4n) is 1.47. The molecule has 0 atom stereocenters. The fourth-order valence-corrected chi connectivity index (χ4v) is 2.07. The van der Waals surface area contributed by atoms with Gasteiger partial charge in [-0.15, -0.1) is 0 Å². The van der Waals surface area contributed by atoms with Crippen LogP contribution in [0.4, 0.5) is 13.2 Å². The van der Waals surface area contributed by atoms with E-state index in [1.165, 1.54) is 12.1 Å². The number of alkyl halides is 3. The highest BCUT2D eigenvalue weighted by molar-refractivity contribution is 7.90. The Morgan fingerprint density at radius 1 is 1.26 bits per heavy atom. The summed E-state index contributed by atoms with van der Waals surface area (Å²) < 4.78 is 59.1. The molecular formula is C12H13F3O3S. The molecule has 0 bridgehead atoms. The molecule has 0 aliphatic heterocycles. The van der Waals surface area contributed by atoms with Gasteiger partial charge in [-0.1, -0.05) is 18.2 Å². The molecule has 1 rings (SSSR count). The molecule has 0 saturated heterocycles. The molecule has 0 aromatic heterocycles. The Morgan fingerprint density at radius 2 is 1.89 bits per heavy atom. The summed E-state index contributed by atoms with van der Waals surface area (Å²) in [6.45, 7) is 0. The van der Waals surface area contributed by atoms with Crippen LogP contribution in [0.1, 0.15) is 17.5 Å². The van der Waals surface area contributed by atoms with E-state index in [2.05, 4.69) is 0 Å². The van der Waals surface area contributed by atoms with Crippen LogP contribution >= 0.6 is 0 Å². The lowest BCUT2D eigenvalue weighted by Crippen LogP contribution is -2.12. The molecule has 0 amide bonds. The van der Waals surface area contributed by atoms with Gasteiger partial charge in [-0.05, 0) is 11.6 Å². The summed E-state index contributed by atoms with van der Waals surface area (Å²) in [5, 5.41) is 0.